The van der Waals surface area contributed by atoms with Gasteiger partial charge in [-0.15, -0.1) is 0 Å². The summed E-state index contributed by atoms with van der Waals surface area (Å²) in [7, 11) is 0. The van der Waals surface area contributed by atoms with E-state index in [1.54, 1.807) is 36.4 Å². The van der Waals surface area contributed by atoms with Gasteiger partial charge in [-0.3, -0.25) is 0 Å². The highest BCUT2D eigenvalue weighted by Crippen LogP contribution is 2.32. The van der Waals surface area contributed by atoms with E-state index < -0.39 is 0 Å². The molecule has 0 saturated heterocycles. The second-order valence-corrected chi connectivity index (χ2v) is 4.91. The molecule has 2 N–H and O–H groups in total. The smallest absolute Gasteiger partial charge is 0.133 e. The van der Waals surface area contributed by atoms with E-state index in [4.69, 9.17) is 45.3 Å². The van der Waals surface area contributed by atoms with Crippen LogP contribution in [0.15, 0.2) is 36.4 Å². The quantitative estimate of drug-likeness (QED) is 0.875. The Morgan fingerprint density at radius 1 is 1.00 bits per heavy atom. The normalized spacial score (nSPS) is 10.4. The summed E-state index contributed by atoms with van der Waals surface area (Å²) in [6.07, 6.45) is 0. The molecular weight excluding hydrogens is 293 g/mol. The van der Waals surface area contributed by atoms with Crippen molar-refractivity contribution in [3.8, 4) is 11.5 Å². The van der Waals surface area contributed by atoms with Crippen molar-refractivity contribution in [1.82, 2.24) is 0 Å². The molecule has 2 nitrogen and oxygen atoms in total. The summed E-state index contributed by atoms with van der Waals surface area (Å²) in [5, 5.41) is 1.59. The van der Waals surface area contributed by atoms with Crippen LogP contribution in [0.3, 0.4) is 0 Å². The Labute approximate surface area is 120 Å². The van der Waals surface area contributed by atoms with Gasteiger partial charge in [-0.25, -0.2) is 0 Å². The molecule has 0 aliphatic carbocycles. The van der Waals surface area contributed by atoms with E-state index in [9.17, 15) is 0 Å². The zero-order valence-electron chi connectivity index (χ0n) is 9.29. The lowest BCUT2D eigenvalue weighted by molar-refractivity contribution is 0.476. The molecule has 0 aliphatic heterocycles. The van der Waals surface area contributed by atoms with Crippen LogP contribution in [-0.2, 0) is 6.54 Å². The Kier molecular flexibility index (Phi) is 4.36. The van der Waals surface area contributed by atoms with Crippen LogP contribution in [0.4, 0.5) is 0 Å². The van der Waals surface area contributed by atoms with E-state index in [0.717, 1.165) is 5.56 Å². The van der Waals surface area contributed by atoms with Gasteiger partial charge in [-0.05, 0) is 30.3 Å². The Balaban J connectivity index is 2.36. The van der Waals surface area contributed by atoms with Gasteiger partial charge >= 0.3 is 0 Å². The minimum absolute atomic E-state index is 0.295. The first-order valence-corrected chi connectivity index (χ1v) is 6.35. The Hall–Kier alpha value is -0.930. The largest absolute Gasteiger partial charge is 0.457 e. The third kappa shape index (κ3) is 3.09. The topological polar surface area (TPSA) is 35.2 Å². The van der Waals surface area contributed by atoms with Crippen molar-refractivity contribution in [3.05, 3.63) is 57.0 Å². The van der Waals surface area contributed by atoms with Gasteiger partial charge in [0.05, 0.1) is 0 Å². The van der Waals surface area contributed by atoms with E-state index in [1.807, 2.05) is 0 Å². The molecule has 0 heterocycles. The van der Waals surface area contributed by atoms with E-state index in [1.165, 1.54) is 0 Å². The van der Waals surface area contributed by atoms with Gasteiger partial charge in [-0.1, -0.05) is 40.9 Å². The van der Waals surface area contributed by atoms with Crippen LogP contribution in [0.5, 0.6) is 11.5 Å². The van der Waals surface area contributed by atoms with E-state index in [2.05, 4.69) is 0 Å². The molecule has 0 unspecified atom stereocenters. The molecule has 94 valence electrons. The molecule has 2 rings (SSSR count). The lowest BCUT2D eigenvalue weighted by Gasteiger charge is -2.11. The van der Waals surface area contributed by atoms with Crippen molar-refractivity contribution in [2.24, 2.45) is 5.73 Å². The Bertz CT molecular complexity index is 552. The molecule has 2 aromatic carbocycles. The molecule has 0 aliphatic rings. The standard InChI is InChI=1S/C13H10Cl3NO/c14-8-4-9(15)6-10(5-8)18-13-3-1-2-12(16)11(13)7-17/h1-6H,7,17H2. The highest BCUT2D eigenvalue weighted by molar-refractivity contribution is 6.34. The molecule has 0 saturated carbocycles. The average Bonchev–Trinajstić information content (AvgIpc) is 2.27. The summed E-state index contributed by atoms with van der Waals surface area (Å²) < 4.78 is 5.71. The van der Waals surface area contributed by atoms with Crippen LogP contribution >= 0.6 is 34.8 Å². The molecule has 0 bridgehead atoms. The van der Waals surface area contributed by atoms with Gasteiger partial charge in [0, 0.05) is 27.2 Å². The van der Waals surface area contributed by atoms with Crippen LogP contribution in [0.1, 0.15) is 5.56 Å². The van der Waals surface area contributed by atoms with Crippen molar-refractivity contribution in [2.75, 3.05) is 0 Å². The summed E-state index contributed by atoms with van der Waals surface area (Å²) in [6.45, 7) is 0.295. The first-order valence-electron chi connectivity index (χ1n) is 5.21. The maximum atomic E-state index is 6.05. The first kappa shape index (κ1) is 13.5. The second-order valence-electron chi connectivity index (χ2n) is 3.63. The first-order chi connectivity index (χ1) is 8.60. The fraction of sp³-hybridized carbons (Fsp3) is 0.0769. The molecule has 0 amide bonds. The van der Waals surface area contributed by atoms with Gasteiger partial charge in [0.15, 0.2) is 0 Å². The van der Waals surface area contributed by atoms with Crippen molar-refractivity contribution in [1.29, 1.82) is 0 Å². The molecule has 5 heteroatoms. The predicted molar refractivity (Wildman–Crippen MR) is 75.9 cm³/mol. The van der Waals surface area contributed by atoms with Crippen LogP contribution < -0.4 is 10.5 Å². The van der Waals surface area contributed by atoms with Crippen molar-refractivity contribution in [2.45, 2.75) is 6.54 Å². The summed E-state index contributed by atoms with van der Waals surface area (Å²) >= 11 is 17.9. The lowest BCUT2D eigenvalue weighted by Crippen LogP contribution is -2.00. The maximum absolute atomic E-state index is 6.05. The number of benzene rings is 2. The fourth-order valence-electron chi connectivity index (χ4n) is 1.55. The summed E-state index contributed by atoms with van der Waals surface area (Å²) in [4.78, 5) is 0. The third-order valence-corrected chi connectivity index (χ3v) is 3.13. The second kappa shape index (κ2) is 5.81. The molecule has 0 radical (unpaired) electrons. The Morgan fingerprint density at radius 3 is 2.28 bits per heavy atom. The zero-order chi connectivity index (χ0) is 13.1. The third-order valence-electron chi connectivity index (χ3n) is 2.34. The number of hydrogen-bond donors (Lipinski definition) is 1. The van der Waals surface area contributed by atoms with Gasteiger partial charge < -0.3 is 10.5 Å². The molecule has 0 atom stereocenters. The average molecular weight is 303 g/mol. The minimum Gasteiger partial charge on any atom is -0.457 e. The summed E-state index contributed by atoms with van der Waals surface area (Å²) in [6, 6.07) is 10.3. The molecule has 2 aromatic rings. The monoisotopic (exact) mass is 301 g/mol. The predicted octanol–water partition coefficient (Wildman–Crippen LogP) is 4.90. The van der Waals surface area contributed by atoms with Gasteiger partial charge in [0.1, 0.15) is 11.5 Å². The highest BCUT2D eigenvalue weighted by atomic mass is 35.5. The van der Waals surface area contributed by atoms with Crippen LogP contribution in [0, 0.1) is 0 Å². The van der Waals surface area contributed by atoms with Gasteiger partial charge in [0.2, 0.25) is 0 Å². The number of halogens is 3. The van der Waals surface area contributed by atoms with Gasteiger partial charge in [-0.2, -0.15) is 0 Å². The lowest BCUT2D eigenvalue weighted by atomic mass is 10.2. The Morgan fingerprint density at radius 2 is 1.67 bits per heavy atom. The van der Waals surface area contributed by atoms with E-state index >= 15 is 0 Å². The van der Waals surface area contributed by atoms with Crippen molar-refractivity contribution in [3.63, 3.8) is 0 Å². The number of nitrogens with two attached hydrogens (primary N) is 1. The SMILES string of the molecule is NCc1c(Cl)cccc1Oc1cc(Cl)cc(Cl)c1. The van der Waals surface area contributed by atoms with E-state index in [0.29, 0.717) is 33.1 Å². The highest BCUT2D eigenvalue weighted by Gasteiger charge is 2.08. The molecule has 0 fully saturated rings. The zero-order valence-corrected chi connectivity index (χ0v) is 11.6. The molecule has 18 heavy (non-hydrogen) atoms. The number of rotatable bonds is 3. The van der Waals surface area contributed by atoms with Crippen LogP contribution in [-0.4, -0.2) is 0 Å². The maximum Gasteiger partial charge on any atom is 0.133 e. The minimum atomic E-state index is 0.295. The summed E-state index contributed by atoms with van der Waals surface area (Å²) in [5.41, 5.74) is 6.39. The van der Waals surface area contributed by atoms with Crippen molar-refractivity contribution >= 4 is 34.8 Å². The van der Waals surface area contributed by atoms with Crippen molar-refractivity contribution < 1.29 is 4.74 Å². The molecule has 0 spiro atoms. The molecular formula is C13H10Cl3NO. The van der Waals surface area contributed by atoms with Crippen LogP contribution in [0.25, 0.3) is 0 Å². The molecule has 0 aromatic heterocycles. The van der Waals surface area contributed by atoms with Gasteiger partial charge in [0.25, 0.3) is 0 Å². The fourth-order valence-corrected chi connectivity index (χ4v) is 2.30. The van der Waals surface area contributed by atoms with Crippen LogP contribution in [0.2, 0.25) is 15.1 Å². The number of ether oxygens (including phenoxy) is 1. The number of hydrogen-bond acceptors (Lipinski definition) is 2. The summed E-state index contributed by atoms with van der Waals surface area (Å²) in [5.74, 6) is 1.15. The van der Waals surface area contributed by atoms with E-state index in [-0.39, 0.29) is 0 Å².